The van der Waals surface area contributed by atoms with Crippen molar-refractivity contribution in [1.82, 2.24) is 0 Å². The first-order chi connectivity index (χ1) is 31.7. The van der Waals surface area contributed by atoms with Gasteiger partial charge in [-0.1, -0.05) is 158 Å². The fraction of sp³-hybridized carbons (Fsp3) is 0. The summed E-state index contributed by atoms with van der Waals surface area (Å²) in [4.78, 5) is 7.27. The molecule has 0 aliphatic rings. The van der Waals surface area contributed by atoms with Crippen molar-refractivity contribution in [2.45, 2.75) is 0 Å². The van der Waals surface area contributed by atoms with E-state index < -0.39 is 0 Å². The van der Waals surface area contributed by atoms with Crippen molar-refractivity contribution in [2.24, 2.45) is 0 Å². The maximum Gasteiger partial charge on any atom is 0.0554 e. The summed E-state index contributed by atoms with van der Waals surface area (Å²) in [6.45, 7) is 0. The second kappa shape index (κ2) is 15.9. The molecule has 11 aromatic carbocycles. The monoisotopic (exact) mass is 835 g/mol. The van der Waals surface area contributed by atoms with Gasteiger partial charge in [0.2, 0.25) is 0 Å². The first-order valence-corrected chi connectivity index (χ1v) is 22.6. The van der Waals surface area contributed by atoms with Gasteiger partial charge >= 0.3 is 0 Å². The largest absolute Gasteiger partial charge is 0.310 e. The third-order valence-corrected chi connectivity index (χ3v) is 13.5. The van der Waals surface area contributed by atoms with Gasteiger partial charge < -0.3 is 14.7 Å². The van der Waals surface area contributed by atoms with E-state index in [0.717, 1.165) is 51.2 Å². The molecule has 0 radical (unpaired) electrons. The Balaban J connectivity index is 1.08. The van der Waals surface area contributed by atoms with E-state index in [1.165, 1.54) is 52.5 Å². The fourth-order valence-corrected chi connectivity index (χ4v) is 10.6. The number of rotatable bonds is 9. The van der Waals surface area contributed by atoms with E-state index in [9.17, 15) is 0 Å². The van der Waals surface area contributed by atoms with Gasteiger partial charge in [-0.15, -0.1) is 11.3 Å². The average Bonchev–Trinajstić information content (AvgIpc) is 3.75. The minimum atomic E-state index is 1.05. The number of thiophene rings is 1. The summed E-state index contributed by atoms with van der Waals surface area (Å²) in [7, 11) is 0. The Morgan fingerprint density at radius 1 is 0.234 bits per heavy atom. The highest BCUT2D eigenvalue weighted by molar-refractivity contribution is 7.26. The standard InChI is InChI=1S/C60H41N3S/c1-2-23-46(24-3-1)62(57-34-16-36-59-60(57)54-31-10-11-35-58(54)64-59)49-27-14-25-47(40-49)61(51-38-37-42-17-4-5-20-45(42)39-51)48-26-15-28-50(41-48)63(55-32-12-21-43-18-6-8-29-52(43)55)56-33-13-22-44-19-7-9-30-53(44)56/h1-41H. The number of hydrogen-bond donors (Lipinski definition) is 0. The molecule has 0 aliphatic carbocycles. The lowest BCUT2D eigenvalue weighted by atomic mass is 10.0. The molecule has 0 aliphatic heterocycles. The van der Waals surface area contributed by atoms with Crippen LogP contribution in [-0.4, -0.2) is 0 Å². The predicted molar refractivity (Wildman–Crippen MR) is 276 cm³/mol. The molecule has 0 fully saturated rings. The molecule has 4 heteroatoms. The maximum atomic E-state index is 2.44. The molecule has 1 aromatic heterocycles. The van der Waals surface area contributed by atoms with Crippen molar-refractivity contribution in [3.05, 3.63) is 249 Å². The summed E-state index contributed by atoms with van der Waals surface area (Å²) < 4.78 is 2.56. The predicted octanol–water partition coefficient (Wildman–Crippen LogP) is 17.9. The van der Waals surface area contributed by atoms with Crippen molar-refractivity contribution in [1.29, 1.82) is 0 Å². The van der Waals surface area contributed by atoms with E-state index in [1.807, 2.05) is 11.3 Å². The van der Waals surface area contributed by atoms with Gasteiger partial charge in [0.05, 0.1) is 17.1 Å². The van der Waals surface area contributed by atoms with Crippen molar-refractivity contribution in [3.8, 4) is 0 Å². The highest BCUT2D eigenvalue weighted by atomic mass is 32.1. The first-order valence-electron chi connectivity index (χ1n) is 21.8. The number of para-hydroxylation sites is 1. The van der Waals surface area contributed by atoms with Gasteiger partial charge in [0.25, 0.3) is 0 Å². The van der Waals surface area contributed by atoms with Gasteiger partial charge in [-0.3, -0.25) is 0 Å². The summed E-state index contributed by atoms with van der Waals surface area (Å²) >= 11 is 1.85. The van der Waals surface area contributed by atoms with E-state index in [4.69, 9.17) is 0 Å². The lowest BCUT2D eigenvalue weighted by Crippen LogP contribution is -2.15. The maximum absolute atomic E-state index is 2.44. The van der Waals surface area contributed by atoms with Gasteiger partial charge in [-0.05, 0) is 113 Å². The van der Waals surface area contributed by atoms with Crippen LogP contribution in [0, 0.1) is 0 Å². The molecular weight excluding hydrogens is 795 g/mol. The Morgan fingerprint density at radius 2 is 0.672 bits per heavy atom. The Kier molecular flexibility index (Phi) is 9.36. The van der Waals surface area contributed by atoms with Crippen LogP contribution in [0.5, 0.6) is 0 Å². The normalized spacial score (nSPS) is 11.4. The van der Waals surface area contributed by atoms with E-state index in [1.54, 1.807) is 0 Å². The molecule has 0 spiro atoms. The quantitative estimate of drug-likeness (QED) is 0.143. The lowest BCUT2D eigenvalue weighted by molar-refractivity contribution is 1.25. The van der Waals surface area contributed by atoms with Crippen LogP contribution in [0.4, 0.5) is 51.2 Å². The van der Waals surface area contributed by atoms with Crippen LogP contribution in [0.2, 0.25) is 0 Å². The summed E-state index contributed by atoms with van der Waals surface area (Å²) in [6.07, 6.45) is 0. The zero-order valence-electron chi connectivity index (χ0n) is 34.9. The number of fused-ring (bicyclic) bond motifs is 6. The molecule has 0 unspecified atom stereocenters. The number of nitrogens with zero attached hydrogens (tertiary/aromatic N) is 3. The minimum absolute atomic E-state index is 1.05. The molecule has 1 heterocycles. The van der Waals surface area contributed by atoms with E-state index in [2.05, 4.69) is 263 Å². The van der Waals surface area contributed by atoms with Gasteiger partial charge in [0, 0.05) is 65.1 Å². The third kappa shape index (κ3) is 6.60. The summed E-state index contributed by atoms with van der Waals surface area (Å²) in [5, 5.41) is 9.71. The second-order valence-electron chi connectivity index (χ2n) is 16.2. The summed E-state index contributed by atoms with van der Waals surface area (Å²) in [6, 6.07) is 90.3. The van der Waals surface area contributed by atoms with Gasteiger partial charge in [-0.25, -0.2) is 0 Å². The van der Waals surface area contributed by atoms with Gasteiger partial charge in [0.1, 0.15) is 0 Å². The van der Waals surface area contributed by atoms with E-state index in [0.29, 0.717) is 0 Å². The Labute approximate surface area is 376 Å². The second-order valence-corrected chi connectivity index (χ2v) is 17.2. The molecule has 0 bridgehead atoms. The molecular formula is C60H41N3S. The minimum Gasteiger partial charge on any atom is -0.310 e. The molecule has 0 N–H and O–H groups in total. The van der Waals surface area contributed by atoms with Crippen LogP contribution >= 0.6 is 11.3 Å². The number of anilines is 9. The molecule has 0 saturated heterocycles. The van der Waals surface area contributed by atoms with Crippen LogP contribution in [0.3, 0.4) is 0 Å². The van der Waals surface area contributed by atoms with Crippen molar-refractivity contribution in [2.75, 3.05) is 14.7 Å². The lowest BCUT2D eigenvalue weighted by Gasteiger charge is -2.32. The molecule has 0 amide bonds. The van der Waals surface area contributed by atoms with Gasteiger partial charge in [0.15, 0.2) is 0 Å². The van der Waals surface area contributed by atoms with Crippen LogP contribution in [0.15, 0.2) is 249 Å². The first kappa shape index (κ1) is 37.6. The summed E-state index contributed by atoms with van der Waals surface area (Å²) in [5.41, 5.74) is 9.81. The molecule has 0 atom stereocenters. The Hall–Kier alpha value is -8.18. The molecule has 12 rings (SSSR count). The smallest absolute Gasteiger partial charge is 0.0554 e. The Bertz CT molecular complexity index is 3580. The van der Waals surface area contributed by atoms with E-state index >= 15 is 0 Å². The molecule has 64 heavy (non-hydrogen) atoms. The molecule has 12 aromatic rings. The zero-order valence-corrected chi connectivity index (χ0v) is 35.7. The zero-order chi connectivity index (χ0) is 42.4. The number of hydrogen-bond acceptors (Lipinski definition) is 4. The van der Waals surface area contributed by atoms with Crippen molar-refractivity contribution < 1.29 is 0 Å². The molecule has 302 valence electrons. The van der Waals surface area contributed by atoms with Crippen molar-refractivity contribution in [3.63, 3.8) is 0 Å². The highest BCUT2D eigenvalue weighted by Crippen LogP contribution is 2.48. The van der Waals surface area contributed by atoms with Gasteiger partial charge in [-0.2, -0.15) is 0 Å². The van der Waals surface area contributed by atoms with Crippen LogP contribution in [0.25, 0.3) is 52.5 Å². The SMILES string of the molecule is c1ccc(N(c2cccc(N(c3cccc(N(c4cccc5ccccc45)c4cccc5ccccc45)c3)c3ccc4ccccc4c3)c2)c2cccc3sc4ccccc4c23)cc1. The highest BCUT2D eigenvalue weighted by Gasteiger charge is 2.23. The van der Waals surface area contributed by atoms with Crippen LogP contribution in [-0.2, 0) is 0 Å². The topological polar surface area (TPSA) is 9.72 Å². The third-order valence-electron chi connectivity index (χ3n) is 12.3. The fourth-order valence-electron chi connectivity index (χ4n) is 9.47. The van der Waals surface area contributed by atoms with E-state index in [-0.39, 0.29) is 0 Å². The molecule has 0 saturated carbocycles. The summed E-state index contributed by atoms with van der Waals surface area (Å²) in [5.74, 6) is 0. The van der Waals surface area contributed by atoms with Crippen LogP contribution < -0.4 is 14.7 Å². The van der Waals surface area contributed by atoms with Crippen LogP contribution in [0.1, 0.15) is 0 Å². The van der Waals surface area contributed by atoms with Crippen molar-refractivity contribution >= 4 is 115 Å². The number of benzene rings is 11. The average molecular weight is 836 g/mol. The molecule has 3 nitrogen and oxygen atoms in total. The Morgan fingerprint density at radius 3 is 1.34 bits per heavy atom.